The number of aromatic amines is 1. The number of H-pyrrole nitrogens is 1. The van der Waals surface area contributed by atoms with Gasteiger partial charge in [-0.2, -0.15) is 0 Å². The summed E-state index contributed by atoms with van der Waals surface area (Å²) < 4.78 is 12.3. The quantitative estimate of drug-likeness (QED) is 0.748. The Kier molecular flexibility index (Phi) is 5.16. The zero-order valence-electron chi connectivity index (χ0n) is 12.5. The zero-order chi connectivity index (χ0) is 12.8. The first-order valence-corrected chi connectivity index (χ1v) is 17.5. The Labute approximate surface area is 126 Å². The third-order valence-electron chi connectivity index (χ3n) is 5.73. The molecule has 0 aliphatic heterocycles. The van der Waals surface area contributed by atoms with Crippen LogP contribution in [-0.2, 0) is 16.8 Å². The Hall–Kier alpha value is 0.0931. The van der Waals surface area contributed by atoms with Crippen LogP contribution in [0, 0.1) is 0 Å². The van der Waals surface area contributed by atoms with Crippen LogP contribution in [0.5, 0.6) is 0 Å². The van der Waals surface area contributed by atoms with Crippen LogP contribution in [0.1, 0.15) is 20.3 Å². The molecule has 0 radical (unpaired) electrons. The van der Waals surface area contributed by atoms with Gasteiger partial charge in [0, 0.05) is 0 Å². The van der Waals surface area contributed by atoms with Gasteiger partial charge in [-0.05, 0) is 0 Å². The molecular weight excluding hydrogens is 356 g/mol. The van der Waals surface area contributed by atoms with Crippen molar-refractivity contribution in [2.24, 2.45) is 0 Å². The first-order chi connectivity index (χ1) is 7.72. The van der Waals surface area contributed by atoms with E-state index in [1.54, 1.807) is 6.49 Å². The molecule has 0 atom stereocenters. The number of hydrogen-bond acceptors (Lipinski definition) is 0. The molecule has 0 spiro atoms. The maximum Gasteiger partial charge on any atom is -0.147 e. The number of aromatic nitrogens is 1. The van der Waals surface area contributed by atoms with E-state index in [1.165, 1.54) is 3.40 Å². The van der Waals surface area contributed by atoms with Gasteiger partial charge in [0.15, 0.2) is 0 Å². The van der Waals surface area contributed by atoms with E-state index in [1.807, 2.05) is 0 Å². The maximum absolute atomic E-state index is 3.65. The largest absolute Gasteiger partial charge is 0.147 e. The average Bonchev–Trinajstić information content (AvgIpc) is 2.92. The normalized spacial score (nSPS) is 17.6. The Morgan fingerprint density at radius 3 is 2.16 bits per heavy atom. The molecule has 1 aliphatic rings. The minimum atomic E-state index is -3.65. The van der Waals surface area contributed by atoms with E-state index >= 15 is 0 Å². The van der Waals surface area contributed by atoms with Crippen molar-refractivity contribution in [2.75, 3.05) is 0 Å². The van der Waals surface area contributed by atoms with Gasteiger partial charge in [0.05, 0.1) is 0 Å². The Morgan fingerprint density at radius 2 is 1.79 bits per heavy atom. The van der Waals surface area contributed by atoms with Crippen molar-refractivity contribution in [2.45, 2.75) is 34.2 Å². The summed E-state index contributed by atoms with van der Waals surface area (Å²) >= 11 is -3.65. The second-order valence-corrected chi connectivity index (χ2v) is 33.2. The van der Waals surface area contributed by atoms with Gasteiger partial charge in [0.1, 0.15) is 0 Å². The van der Waals surface area contributed by atoms with Crippen LogP contribution in [-0.4, -0.2) is 8.19 Å². The molecule has 0 unspecified atom stereocenters. The summed E-state index contributed by atoms with van der Waals surface area (Å²) in [5.74, 6) is 0. The number of nitrogens with one attached hydrogen (secondary N) is 1. The third kappa shape index (κ3) is 2.41. The fraction of sp³-hybridized carbons (Fsp3) is 0.400. The summed E-state index contributed by atoms with van der Waals surface area (Å²) in [7, 11) is 0. The maximum atomic E-state index is 3.52. The molecular formula is C15H26Cl2NZr. The van der Waals surface area contributed by atoms with E-state index in [2.05, 4.69) is 69.3 Å². The summed E-state index contributed by atoms with van der Waals surface area (Å²) in [6.07, 6.45) is 10.0. The second-order valence-electron chi connectivity index (χ2n) is 7.53. The van der Waals surface area contributed by atoms with Crippen molar-refractivity contribution in [3.63, 3.8) is 0 Å². The fourth-order valence-electron chi connectivity index (χ4n) is 2.90. The van der Waals surface area contributed by atoms with E-state index in [9.17, 15) is 0 Å². The molecule has 1 heterocycles. The summed E-state index contributed by atoms with van der Waals surface area (Å²) in [4.78, 5) is 3.52. The number of halogens is 2. The van der Waals surface area contributed by atoms with Gasteiger partial charge in [-0.3, -0.25) is 0 Å². The summed E-state index contributed by atoms with van der Waals surface area (Å²) in [5, 5.41) is 0. The molecule has 1 aromatic rings. The van der Waals surface area contributed by atoms with E-state index in [4.69, 9.17) is 0 Å². The molecule has 1 N–H and O–H groups in total. The summed E-state index contributed by atoms with van der Waals surface area (Å²) in [6, 6.07) is 4.41. The smallest absolute Gasteiger partial charge is 0.147 e. The van der Waals surface area contributed by atoms with Crippen molar-refractivity contribution < 1.29 is 16.8 Å². The monoisotopic (exact) mass is 380 g/mol. The van der Waals surface area contributed by atoms with Crippen LogP contribution in [0.2, 0.25) is 13.9 Å². The van der Waals surface area contributed by atoms with Gasteiger partial charge in [0.25, 0.3) is 0 Å². The van der Waals surface area contributed by atoms with Crippen molar-refractivity contribution in [3.8, 4) is 0 Å². The third-order valence-corrected chi connectivity index (χ3v) is 28.8. The van der Waals surface area contributed by atoms with E-state index < -0.39 is 16.8 Å². The molecule has 2 rings (SSSR count). The fourth-order valence-corrected chi connectivity index (χ4v) is 14.3. The van der Waals surface area contributed by atoms with Crippen molar-refractivity contribution in [1.82, 2.24) is 4.98 Å². The van der Waals surface area contributed by atoms with E-state index in [0.29, 0.717) is 0 Å². The Balaban J connectivity index is 0.00000162. The summed E-state index contributed by atoms with van der Waals surface area (Å²) in [6.45, 7) is 4.63. The summed E-state index contributed by atoms with van der Waals surface area (Å²) in [5.41, 5.74) is 0. The Bertz CT molecular complexity index is 595. The zero-order valence-corrected chi connectivity index (χ0v) is 16.6. The molecule has 109 valence electrons. The Morgan fingerprint density at radius 1 is 1.16 bits per heavy atom. The van der Waals surface area contributed by atoms with Gasteiger partial charge in [-0.15, -0.1) is 24.8 Å². The van der Waals surface area contributed by atoms with Crippen LogP contribution in [0.4, 0.5) is 0 Å². The van der Waals surface area contributed by atoms with Gasteiger partial charge in [0.2, 0.25) is 0 Å². The molecule has 1 nitrogen and oxygen atoms in total. The molecule has 1 aromatic heterocycles. The van der Waals surface area contributed by atoms with Gasteiger partial charge in [-0.25, -0.2) is 0 Å². The topological polar surface area (TPSA) is 15.8 Å². The molecule has 0 fully saturated rings. The van der Waals surface area contributed by atoms with Crippen LogP contribution in [0.15, 0.2) is 39.8 Å². The molecule has 1 aliphatic carbocycles. The number of rotatable bonds is 2. The molecule has 0 saturated carbocycles. The van der Waals surface area contributed by atoms with Crippen LogP contribution in [0.25, 0.3) is 0 Å². The molecule has 0 bridgehead atoms. The van der Waals surface area contributed by atoms with Crippen LogP contribution < -0.4 is 3.40 Å². The predicted molar refractivity (Wildman–Crippen MR) is 90.7 cm³/mol. The molecule has 0 aromatic carbocycles. The standard InChI is InChI=1S/C5H5.C4H4N.C3H6.3CH3.2ClH.Zr/c2*1-2-4-5-3-1;1-3-2;;;;;;/h1-3H,4H2;1-3,5H;1-2H3;3*1H3;2*1H;. The van der Waals surface area contributed by atoms with Crippen LogP contribution in [0.3, 0.4) is 0 Å². The average molecular weight is 383 g/mol. The van der Waals surface area contributed by atoms with E-state index in [0.717, 1.165) is 6.42 Å². The molecule has 19 heavy (non-hydrogen) atoms. The molecule has 4 heteroatoms. The predicted octanol–water partition coefficient (Wildman–Crippen LogP) is 4.91. The number of allylic oxidation sites excluding steroid dienone is 4. The first-order valence-electron chi connectivity index (χ1n) is 6.46. The van der Waals surface area contributed by atoms with Crippen molar-refractivity contribution in [3.05, 3.63) is 39.8 Å². The minimum absolute atomic E-state index is 0. The second kappa shape index (κ2) is 5.13. The van der Waals surface area contributed by atoms with Crippen molar-refractivity contribution >= 4 is 31.4 Å². The first kappa shape index (κ1) is 19.1. The SMILES string of the molecule is C[C](C)=[Zr]([CH3])([CH3])([CH3])([C]1=CC=CC1)[c]1ccc[nH]1.Cl.Cl. The minimum Gasteiger partial charge on any atom is -0.147 e. The van der Waals surface area contributed by atoms with Gasteiger partial charge < -0.3 is 0 Å². The van der Waals surface area contributed by atoms with Gasteiger partial charge >= 0.3 is 102 Å². The van der Waals surface area contributed by atoms with Gasteiger partial charge in [-0.1, -0.05) is 0 Å². The molecule has 0 amide bonds. The van der Waals surface area contributed by atoms with Crippen LogP contribution >= 0.6 is 24.8 Å². The number of hydrogen-bond donors (Lipinski definition) is 1. The van der Waals surface area contributed by atoms with E-state index in [-0.39, 0.29) is 24.8 Å². The molecule has 0 saturated heterocycles. The van der Waals surface area contributed by atoms with Crippen molar-refractivity contribution in [1.29, 1.82) is 0 Å².